The molecule has 0 aromatic heterocycles. The van der Waals surface area contributed by atoms with E-state index in [-0.39, 0.29) is 23.0 Å². The maximum atomic E-state index is 11.2. The summed E-state index contributed by atoms with van der Waals surface area (Å²) in [4.78, 5) is 21.8. The van der Waals surface area contributed by atoms with Crippen molar-refractivity contribution in [3.63, 3.8) is 0 Å². The van der Waals surface area contributed by atoms with Gasteiger partial charge in [0.1, 0.15) is 6.29 Å². The molecule has 0 aromatic carbocycles. The van der Waals surface area contributed by atoms with Crippen LogP contribution in [0.1, 0.15) is 12.8 Å². The number of aldehydes is 1. The molecule has 68 valence electrons. The molecule has 0 aliphatic heterocycles. The molecule has 3 unspecified atom stereocenters. The molecule has 0 bridgehead atoms. The van der Waals surface area contributed by atoms with Crippen molar-refractivity contribution in [3.05, 3.63) is 0 Å². The Morgan fingerprint density at radius 2 is 2.25 bits per heavy atom. The van der Waals surface area contributed by atoms with Crippen molar-refractivity contribution in [2.24, 2.45) is 11.8 Å². The van der Waals surface area contributed by atoms with E-state index in [0.29, 0.717) is 6.42 Å². The van der Waals surface area contributed by atoms with Gasteiger partial charge < -0.3 is 10.1 Å². The van der Waals surface area contributed by atoms with E-state index in [1.165, 1.54) is 0 Å². The fourth-order valence-electron chi connectivity index (χ4n) is 1.68. The third-order valence-corrected chi connectivity index (χ3v) is 2.77. The standard InChI is InChI=1S/C8H13NO2S/c1-9-8(11)7-3-6(12)2-5(7)4-10/h4-7,12H,2-3H2,1H3,(H,9,11). The van der Waals surface area contributed by atoms with Gasteiger partial charge in [-0.05, 0) is 12.8 Å². The molecular weight excluding hydrogens is 174 g/mol. The molecule has 1 aliphatic rings. The third kappa shape index (κ3) is 1.80. The molecule has 3 nitrogen and oxygen atoms in total. The van der Waals surface area contributed by atoms with Crippen LogP contribution in [-0.2, 0) is 9.59 Å². The Morgan fingerprint density at radius 3 is 2.75 bits per heavy atom. The molecule has 1 N–H and O–H groups in total. The summed E-state index contributed by atoms with van der Waals surface area (Å²) in [5.41, 5.74) is 0. The molecule has 3 atom stereocenters. The van der Waals surface area contributed by atoms with Crippen LogP contribution in [0.5, 0.6) is 0 Å². The molecule has 1 amide bonds. The molecule has 1 rings (SSSR count). The highest BCUT2D eigenvalue weighted by atomic mass is 32.1. The second kappa shape index (κ2) is 3.94. The van der Waals surface area contributed by atoms with Crippen LogP contribution in [0.4, 0.5) is 0 Å². The smallest absolute Gasteiger partial charge is 0.223 e. The second-order valence-corrected chi connectivity index (χ2v) is 3.88. The van der Waals surface area contributed by atoms with Crippen LogP contribution in [0, 0.1) is 11.8 Å². The van der Waals surface area contributed by atoms with E-state index in [9.17, 15) is 9.59 Å². The summed E-state index contributed by atoms with van der Waals surface area (Å²) in [6.07, 6.45) is 2.31. The van der Waals surface area contributed by atoms with Crippen molar-refractivity contribution >= 4 is 24.8 Å². The monoisotopic (exact) mass is 187 g/mol. The number of hydrogen-bond donors (Lipinski definition) is 2. The molecule has 1 aliphatic carbocycles. The fraction of sp³-hybridized carbons (Fsp3) is 0.750. The predicted molar refractivity (Wildman–Crippen MR) is 49.1 cm³/mol. The molecule has 0 saturated heterocycles. The van der Waals surface area contributed by atoms with Crippen molar-refractivity contribution in [1.82, 2.24) is 5.32 Å². The highest BCUT2D eigenvalue weighted by Crippen LogP contribution is 2.33. The number of nitrogens with one attached hydrogen (secondary N) is 1. The summed E-state index contributed by atoms with van der Waals surface area (Å²) < 4.78 is 0. The maximum Gasteiger partial charge on any atom is 0.223 e. The van der Waals surface area contributed by atoms with Gasteiger partial charge in [-0.25, -0.2) is 0 Å². The van der Waals surface area contributed by atoms with Gasteiger partial charge in [-0.3, -0.25) is 4.79 Å². The Labute approximate surface area is 77.3 Å². The van der Waals surface area contributed by atoms with Gasteiger partial charge in [0.25, 0.3) is 0 Å². The average Bonchev–Trinajstić information content (AvgIpc) is 2.45. The largest absolute Gasteiger partial charge is 0.359 e. The number of carbonyl (C=O) groups is 2. The molecule has 0 heterocycles. The van der Waals surface area contributed by atoms with Gasteiger partial charge in [-0.15, -0.1) is 0 Å². The summed E-state index contributed by atoms with van der Waals surface area (Å²) >= 11 is 4.26. The maximum absolute atomic E-state index is 11.2. The first-order valence-electron chi connectivity index (χ1n) is 4.04. The van der Waals surface area contributed by atoms with E-state index >= 15 is 0 Å². The van der Waals surface area contributed by atoms with Crippen molar-refractivity contribution in [3.8, 4) is 0 Å². The van der Waals surface area contributed by atoms with Gasteiger partial charge in [0.15, 0.2) is 0 Å². The Bertz CT molecular complexity index is 195. The van der Waals surface area contributed by atoms with Crippen LogP contribution in [0.25, 0.3) is 0 Å². The number of thiol groups is 1. The minimum Gasteiger partial charge on any atom is -0.359 e. The topological polar surface area (TPSA) is 46.2 Å². The molecule has 0 radical (unpaired) electrons. The zero-order valence-electron chi connectivity index (χ0n) is 6.99. The molecular formula is C8H13NO2S. The van der Waals surface area contributed by atoms with Gasteiger partial charge >= 0.3 is 0 Å². The minimum absolute atomic E-state index is 0.0383. The van der Waals surface area contributed by atoms with Crippen molar-refractivity contribution < 1.29 is 9.59 Å². The second-order valence-electron chi connectivity index (χ2n) is 3.15. The molecule has 1 saturated carbocycles. The van der Waals surface area contributed by atoms with Crippen LogP contribution < -0.4 is 5.32 Å². The van der Waals surface area contributed by atoms with Crippen LogP contribution in [0.3, 0.4) is 0 Å². The van der Waals surface area contributed by atoms with E-state index in [4.69, 9.17) is 0 Å². The Morgan fingerprint density at radius 1 is 1.58 bits per heavy atom. The highest BCUT2D eigenvalue weighted by molar-refractivity contribution is 7.81. The molecule has 12 heavy (non-hydrogen) atoms. The van der Waals surface area contributed by atoms with Crippen LogP contribution in [-0.4, -0.2) is 24.5 Å². The SMILES string of the molecule is CNC(=O)C1CC(S)CC1C=O. The average molecular weight is 187 g/mol. The van der Waals surface area contributed by atoms with E-state index in [2.05, 4.69) is 17.9 Å². The predicted octanol–water partition coefficient (Wildman–Crippen LogP) is 0.256. The first kappa shape index (κ1) is 9.58. The van der Waals surface area contributed by atoms with Crippen LogP contribution in [0.2, 0.25) is 0 Å². The third-order valence-electron chi connectivity index (χ3n) is 2.35. The molecule has 1 fully saturated rings. The lowest BCUT2D eigenvalue weighted by atomic mass is 9.97. The van der Waals surface area contributed by atoms with E-state index < -0.39 is 0 Å². The quantitative estimate of drug-likeness (QED) is 0.481. The lowest BCUT2D eigenvalue weighted by Crippen LogP contribution is -2.30. The van der Waals surface area contributed by atoms with Gasteiger partial charge in [0, 0.05) is 24.1 Å². The van der Waals surface area contributed by atoms with Crippen LogP contribution in [0.15, 0.2) is 0 Å². The number of amides is 1. The van der Waals surface area contributed by atoms with E-state index in [1.807, 2.05) is 0 Å². The van der Waals surface area contributed by atoms with E-state index in [0.717, 1.165) is 12.7 Å². The normalized spacial score (nSPS) is 34.7. The lowest BCUT2D eigenvalue weighted by molar-refractivity contribution is -0.128. The molecule has 4 heteroatoms. The van der Waals surface area contributed by atoms with Gasteiger partial charge in [0.05, 0.1) is 0 Å². The Balaban J connectivity index is 2.63. The first-order valence-corrected chi connectivity index (χ1v) is 4.55. The van der Waals surface area contributed by atoms with Crippen molar-refractivity contribution in [1.29, 1.82) is 0 Å². The summed E-state index contributed by atoms with van der Waals surface area (Å²) in [6, 6.07) is 0. The van der Waals surface area contributed by atoms with Gasteiger partial charge in [-0.2, -0.15) is 12.6 Å². The number of hydrogen-bond acceptors (Lipinski definition) is 3. The molecule has 0 aromatic rings. The lowest BCUT2D eigenvalue weighted by Gasteiger charge is -2.10. The van der Waals surface area contributed by atoms with Crippen molar-refractivity contribution in [2.75, 3.05) is 7.05 Å². The van der Waals surface area contributed by atoms with Gasteiger partial charge in [-0.1, -0.05) is 0 Å². The Kier molecular flexibility index (Phi) is 3.14. The minimum atomic E-state index is -0.157. The Hall–Kier alpha value is -0.510. The van der Waals surface area contributed by atoms with Gasteiger partial charge in [0.2, 0.25) is 5.91 Å². The zero-order chi connectivity index (χ0) is 9.14. The van der Waals surface area contributed by atoms with E-state index in [1.54, 1.807) is 7.05 Å². The zero-order valence-corrected chi connectivity index (χ0v) is 7.88. The number of carbonyl (C=O) groups excluding carboxylic acids is 2. The summed E-state index contributed by atoms with van der Waals surface area (Å²) in [7, 11) is 1.59. The highest BCUT2D eigenvalue weighted by Gasteiger charge is 2.36. The summed E-state index contributed by atoms with van der Waals surface area (Å²) in [5, 5.41) is 2.76. The summed E-state index contributed by atoms with van der Waals surface area (Å²) in [6.45, 7) is 0. The molecule has 0 spiro atoms. The van der Waals surface area contributed by atoms with Crippen LogP contribution >= 0.6 is 12.6 Å². The fourth-order valence-corrected chi connectivity index (χ4v) is 2.15. The number of rotatable bonds is 2. The van der Waals surface area contributed by atoms with Crippen molar-refractivity contribution in [2.45, 2.75) is 18.1 Å². The summed E-state index contributed by atoms with van der Waals surface area (Å²) in [5.74, 6) is -0.328. The first-order chi connectivity index (χ1) is 5.69.